The first kappa shape index (κ1) is 13.4. The highest BCUT2D eigenvalue weighted by molar-refractivity contribution is 6.28. The number of halogens is 1. The largest absolute Gasteiger partial charge is 0.492 e. The van der Waals surface area contributed by atoms with Crippen LogP contribution >= 0.6 is 11.6 Å². The minimum atomic E-state index is 0.144. The maximum atomic E-state index is 5.76. The Kier molecular flexibility index (Phi) is 4.74. The molecule has 0 atom stereocenters. The molecule has 0 spiro atoms. The van der Waals surface area contributed by atoms with Crippen LogP contribution in [0.3, 0.4) is 0 Å². The summed E-state index contributed by atoms with van der Waals surface area (Å²) in [7, 11) is 1.72. The number of aromatic nitrogens is 3. The van der Waals surface area contributed by atoms with Gasteiger partial charge in [0.15, 0.2) is 0 Å². The molecule has 2 aromatic rings. The fraction of sp³-hybridized carbons (Fsp3) is 0.250. The van der Waals surface area contributed by atoms with Crippen LogP contribution in [0, 0.1) is 0 Å². The number of para-hydroxylation sites is 1. The van der Waals surface area contributed by atoms with Crippen molar-refractivity contribution in [3.63, 3.8) is 0 Å². The van der Waals surface area contributed by atoms with Crippen LogP contribution < -0.4 is 15.4 Å². The van der Waals surface area contributed by atoms with Gasteiger partial charge in [-0.25, -0.2) is 0 Å². The summed E-state index contributed by atoms with van der Waals surface area (Å²) in [6.45, 7) is 1.07. The van der Waals surface area contributed by atoms with E-state index in [4.69, 9.17) is 16.3 Å². The normalized spacial score (nSPS) is 10.0. The first-order valence-electron chi connectivity index (χ1n) is 5.79. The number of ether oxygens (including phenoxy) is 1. The van der Waals surface area contributed by atoms with Crippen LogP contribution in [0.5, 0.6) is 5.75 Å². The van der Waals surface area contributed by atoms with Gasteiger partial charge >= 0.3 is 0 Å². The summed E-state index contributed by atoms with van der Waals surface area (Å²) in [5.41, 5.74) is 0. The number of nitrogens with zero attached hydrogens (tertiary/aromatic N) is 3. The first-order chi connectivity index (χ1) is 9.28. The van der Waals surface area contributed by atoms with Crippen LogP contribution in [0.15, 0.2) is 30.3 Å². The zero-order valence-electron chi connectivity index (χ0n) is 10.4. The molecule has 2 N–H and O–H groups in total. The Hall–Kier alpha value is -2.08. The maximum absolute atomic E-state index is 5.76. The molecule has 0 bridgehead atoms. The minimum absolute atomic E-state index is 0.144. The van der Waals surface area contributed by atoms with Gasteiger partial charge < -0.3 is 15.4 Å². The molecule has 1 heterocycles. The van der Waals surface area contributed by atoms with Gasteiger partial charge in [0.05, 0.1) is 6.54 Å². The fourth-order valence-electron chi connectivity index (χ4n) is 1.39. The van der Waals surface area contributed by atoms with Gasteiger partial charge in [0.2, 0.25) is 17.2 Å². The quantitative estimate of drug-likeness (QED) is 0.789. The van der Waals surface area contributed by atoms with Crippen LogP contribution in [-0.4, -0.2) is 35.2 Å². The molecule has 7 heteroatoms. The average Bonchev–Trinajstić information content (AvgIpc) is 2.44. The molecule has 0 saturated heterocycles. The van der Waals surface area contributed by atoms with Gasteiger partial charge in [-0.3, -0.25) is 0 Å². The van der Waals surface area contributed by atoms with E-state index >= 15 is 0 Å². The smallest absolute Gasteiger partial charge is 0.228 e. The van der Waals surface area contributed by atoms with E-state index in [-0.39, 0.29) is 5.28 Å². The summed E-state index contributed by atoms with van der Waals surface area (Å²) in [5, 5.41) is 5.97. The highest BCUT2D eigenvalue weighted by Crippen LogP contribution is 2.09. The van der Waals surface area contributed by atoms with Crippen molar-refractivity contribution < 1.29 is 4.74 Å². The summed E-state index contributed by atoms with van der Waals surface area (Å²) in [6.07, 6.45) is 0. The second kappa shape index (κ2) is 6.75. The van der Waals surface area contributed by atoms with E-state index in [1.54, 1.807) is 7.05 Å². The Bertz CT molecular complexity index is 523. The highest BCUT2D eigenvalue weighted by atomic mass is 35.5. The third-order valence-electron chi connectivity index (χ3n) is 2.23. The zero-order chi connectivity index (χ0) is 13.5. The molecule has 1 aromatic carbocycles. The molecule has 2 rings (SSSR count). The van der Waals surface area contributed by atoms with Crippen molar-refractivity contribution in [3.8, 4) is 5.75 Å². The monoisotopic (exact) mass is 279 g/mol. The Morgan fingerprint density at radius 3 is 2.58 bits per heavy atom. The first-order valence-corrected chi connectivity index (χ1v) is 6.17. The zero-order valence-corrected chi connectivity index (χ0v) is 11.2. The standard InChI is InChI=1S/C12H14ClN5O/c1-14-11-16-10(13)17-12(18-11)15-7-8-19-9-5-3-2-4-6-9/h2-6H,7-8H2,1H3,(H2,14,15,16,17,18). The number of anilines is 2. The Labute approximate surface area is 116 Å². The van der Waals surface area contributed by atoms with Crippen LogP contribution in [0.4, 0.5) is 11.9 Å². The molecule has 0 aliphatic rings. The van der Waals surface area contributed by atoms with Crippen molar-refractivity contribution in [1.29, 1.82) is 0 Å². The minimum Gasteiger partial charge on any atom is -0.492 e. The summed E-state index contributed by atoms with van der Waals surface area (Å²) in [6, 6.07) is 9.59. The van der Waals surface area contributed by atoms with Gasteiger partial charge in [0.25, 0.3) is 0 Å². The second-order valence-corrected chi connectivity index (χ2v) is 3.93. The molecule has 100 valence electrons. The van der Waals surface area contributed by atoms with Crippen LogP contribution in [0.2, 0.25) is 5.28 Å². The molecule has 19 heavy (non-hydrogen) atoms. The van der Waals surface area contributed by atoms with Crippen molar-refractivity contribution in [2.75, 3.05) is 30.8 Å². The summed E-state index contributed by atoms with van der Waals surface area (Å²) in [4.78, 5) is 12.0. The molecule has 0 radical (unpaired) electrons. The van der Waals surface area contributed by atoms with Crippen molar-refractivity contribution >= 4 is 23.5 Å². The van der Waals surface area contributed by atoms with Gasteiger partial charge in [0.1, 0.15) is 12.4 Å². The molecule has 0 saturated carbocycles. The lowest BCUT2D eigenvalue weighted by Crippen LogP contribution is -2.14. The summed E-state index contributed by atoms with van der Waals surface area (Å²) >= 11 is 5.76. The predicted molar refractivity (Wildman–Crippen MR) is 74.8 cm³/mol. The number of benzene rings is 1. The van der Waals surface area contributed by atoms with Crippen LogP contribution in [0.1, 0.15) is 0 Å². The molecule has 1 aromatic heterocycles. The molecular formula is C12H14ClN5O. The van der Waals surface area contributed by atoms with Gasteiger partial charge in [-0.05, 0) is 23.7 Å². The van der Waals surface area contributed by atoms with Gasteiger partial charge in [-0.2, -0.15) is 15.0 Å². The van der Waals surface area contributed by atoms with E-state index in [2.05, 4.69) is 25.6 Å². The van der Waals surface area contributed by atoms with Crippen LogP contribution in [-0.2, 0) is 0 Å². The van der Waals surface area contributed by atoms with Gasteiger partial charge in [-0.15, -0.1) is 0 Å². The van der Waals surface area contributed by atoms with E-state index in [0.29, 0.717) is 25.0 Å². The lowest BCUT2D eigenvalue weighted by atomic mass is 10.3. The SMILES string of the molecule is CNc1nc(Cl)nc(NCCOc2ccccc2)n1. The molecule has 0 fully saturated rings. The third-order valence-corrected chi connectivity index (χ3v) is 2.40. The van der Waals surface area contributed by atoms with Crippen molar-refractivity contribution in [2.24, 2.45) is 0 Å². The van der Waals surface area contributed by atoms with Crippen molar-refractivity contribution in [1.82, 2.24) is 15.0 Å². The molecule has 0 aliphatic carbocycles. The predicted octanol–water partition coefficient (Wildman–Crippen LogP) is 2.06. The number of hydrogen-bond donors (Lipinski definition) is 2. The Morgan fingerprint density at radius 2 is 1.84 bits per heavy atom. The average molecular weight is 280 g/mol. The number of hydrogen-bond acceptors (Lipinski definition) is 6. The van der Waals surface area contributed by atoms with E-state index < -0.39 is 0 Å². The fourth-order valence-corrected chi connectivity index (χ4v) is 1.55. The van der Waals surface area contributed by atoms with Gasteiger partial charge in [0, 0.05) is 7.05 Å². The topological polar surface area (TPSA) is 72.0 Å². The molecule has 0 aliphatic heterocycles. The van der Waals surface area contributed by atoms with Gasteiger partial charge in [-0.1, -0.05) is 18.2 Å². The lowest BCUT2D eigenvalue weighted by Gasteiger charge is -2.08. The summed E-state index contributed by atoms with van der Waals surface area (Å²) in [5.74, 6) is 1.67. The Balaban J connectivity index is 1.81. The van der Waals surface area contributed by atoms with Crippen molar-refractivity contribution in [3.05, 3.63) is 35.6 Å². The molecule has 0 unspecified atom stereocenters. The van der Waals surface area contributed by atoms with E-state index in [1.165, 1.54) is 0 Å². The summed E-state index contributed by atoms with van der Waals surface area (Å²) < 4.78 is 5.53. The lowest BCUT2D eigenvalue weighted by molar-refractivity contribution is 0.332. The second-order valence-electron chi connectivity index (χ2n) is 3.59. The highest BCUT2D eigenvalue weighted by Gasteiger charge is 2.02. The Morgan fingerprint density at radius 1 is 1.11 bits per heavy atom. The number of nitrogens with one attached hydrogen (secondary N) is 2. The molecule has 6 nitrogen and oxygen atoms in total. The van der Waals surface area contributed by atoms with Crippen LogP contribution in [0.25, 0.3) is 0 Å². The van der Waals surface area contributed by atoms with Crippen molar-refractivity contribution in [2.45, 2.75) is 0 Å². The molecular weight excluding hydrogens is 266 g/mol. The van der Waals surface area contributed by atoms with E-state index in [0.717, 1.165) is 5.75 Å². The third kappa shape index (κ3) is 4.26. The molecule has 0 amide bonds. The number of rotatable bonds is 6. The maximum Gasteiger partial charge on any atom is 0.228 e. The van der Waals surface area contributed by atoms with E-state index in [9.17, 15) is 0 Å². The van der Waals surface area contributed by atoms with E-state index in [1.807, 2.05) is 30.3 Å².